The van der Waals surface area contributed by atoms with Crippen molar-refractivity contribution in [2.45, 2.75) is 25.8 Å². The van der Waals surface area contributed by atoms with Crippen molar-refractivity contribution >= 4 is 27.8 Å². The Morgan fingerprint density at radius 2 is 2.10 bits per heavy atom. The Balaban J connectivity index is 2.37. The summed E-state index contributed by atoms with van der Waals surface area (Å²) in [5, 5.41) is 3.28. The van der Waals surface area contributed by atoms with Crippen LogP contribution in [0.15, 0.2) is 22.7 Å². The molecule has 1 aromatic carbocycles. The van der Waals surface area contributed by atoms with E-state index in [1.165, 1.54) is 7.11 Å². The van der Waals surface area contributed by atoms with Crippen LogP contribution in [-0.2, 0) is 16.1 Å². The monoisotopic (exact) mass is 342 g/mol. The molecule has 0 atom stereocenters. The Bertz CT molecular complexity index is 477. The molecule has 3 N–H and O–H groups in total. The number of primary amides is 1. The maximum atomic E-state index is 11.4. The smallest absolute Gasteiger partial charge is 0.337 e. The third-order valence-electron chi connectivity index (χ3n) is 2.82. The molecule has 0 aliphatic heterocycles. The van der Waals surface area contributed by atoms with E-state index >= 15 is 0 Å². The normalized spacial score (nSPS) is 10.3. The SMILES string of the molecule is COC(=O)c1ccc(CNCCCCC(N)=O)c(Br)c1. The van der Waals surface area contributed by atoms with Gasteiger partial charge in [0.05, 0.1) is 12.7 Å². The zero-order valence-corrected chi connectivity index (χ0v) is 13.0. The van der Waals surface area contributed by atoms with Crippen LogP contribution in [0.2, 0.25) is 0 Å². The second kappa shape index (κ2) is 8.71. The summed E-state index contributed by atoms with van der Waals surface area (Å²) in [5.41, 5.74) is 6.65. The van der Waals surface area contributed by atoms with Crippen LogP contribution in [0.3, 0.4) is 0 Å². The van der Waals surface area contributed by atoms with Crippen molar-refractivity contribution in [1.29, 1.82) is 0 Å². The summed E-state index contributed by atoms with van der Waals surface area (Å²) in [5.74, 6) is -0.609. The molecule has 6 heteroatoms. The maximum Gasteiger partial charge on any atom is 0.337 e. The molecular formula is C14H19BrN2O3. The number of ether oxygens (including phenoxy) is 1. The van der Waals surface area contributed by atoms with Crippen LogP contribution in [0.5, 0.6) is 0 Å². The highest BCUT2D eigenvalue weighted by Crippen LogP contribution is 2.19. The van der Waals surface area contributed by atoms with Gasteiger partial charge in [0, 0.05) is 17.4 Å². The molecule has 5 nitrogen and oxygen atoms in total. The van der Waals surface area contributed by atoms with E-state index in [2.05, 4.69) is 26.0 Å². The molecule has 1 aromatic rings. The van der Waals surface area contributed by atoms with Crippen LogP contribution >= 0.6 is 15.9 Å². The van der Waals surface area contributed by atoms with Crippen LogP contribution in [-0.4, -0.2) is 25.5 Å². The number of rotatable bonds is 8. The minimum Gasteiger partial charge on any atom is -0.465 e. The van der Waals surface area contributed by atoms with Gasteiger partial charge in [0.1, 0.15) is 0 Å². The second-order valence-electron chi connectivity index (χ2n) is 4.40. The summed E-state index contributed by atoms with van der Waals surface area (Å²) < 4.78 is 5.53. The van der Waals surface area contributed by atoms with Gasteiger partial charge in [-0.2, -0.15) is 0 Å². The van der Waals surface area contributed by atoms with E-state index in [1.807, 2.05) is 6.07 Å². The first kappa shape index (κ1) is 16.7. The van der Waals surface area contributed by atoms with Crippen molar-refractivity contribution in [3.05, 3.63) is 33.8 Å². The number of amides is 1. The summed E-state index contributed by atoms with van der Waals surface area (Å²) >= 11 is 3.44. The molecule has 0 radical (unpaired) electrons. The number of esters is 1. The maximum absolute atomic E-state index is 11.4. The summed E-state index contributed by atoms with van der Waals surface area (Å²) in [6.07, 6.45) is 2.13. The molecule has 0 spiro atoms. The molecular weight excluding hydrogens is 324 g/mol. The van der Waals surface area contributed by atoms with Gasteiger partial charge in [0.2, 0.25) is 5.91 Å². The number of hydrogen-bond donors (Lipinski definition) is 2. The lowest BCUT2D eigenvalue weighted by molar-refractivity contribution is -0.118. The molecule has 0 heterocycles. The average Bonchev–Trinajstić information content (AvgIpc) is 2.42. The summed E-state index contributed by atoms with van der Waals surface area (Å²) in [6, 6.07) is 5.36. The summed E-state index contributed by atoms with van der Waals surface area (Å²) in [6.45, 7) is 1.51. The molecule has 0 aromatic heterocycles. The molecule has 0 unspecified atom stereocenters. The molecule has 0 saturated heterocycles. The molecule has 110 valence electrons. The number of benzene rings is 1. The van der Waals surface area contributed by atoms with Crippen LogP contribution < -0.4 is 11.1 Å². The predicted molar refractivity (Wildman–Crippen MR) is 80.2 cm³/mol. The van der Waals surface area contributed by atoms with Crippen molar-refractivity contribution in [3.63, 3.8) is 0 Å². The minimum absolute atomic E-state index is 0.258. The van der Waals surface area contributed by atoms with Gasteiger partial charge in [-0.15, -0.1) is 0 Å². The number of carbonyl (C=O) groups excluding carboxylic acids is 2. The fourth-order valence-electron chi connectivity index (χ4n) is 1.71. The fraction of sp³-hybridized carbons (Fsp3) is 0.429. The van der Waals surface area contributed by atoms with Crippen molar-refractivity contribution in [2.75, 3.05) is 13.7 Å². The molecule has 0 saturated carbocycles. The minimum atomic E-state index is -0.350. The van der Waals surface area contributed by atoms with E-state index in [4.69, 9.17) is 5.73 Å². The van der Waals surface area contributed by atoms with Gasteiger partial charge in [0.25, 0.3) is 0 Å². The Morgan fingerprint density at radius 1 is 1.35 bits per heavy atom. The standard InChI is InChI=1S/C14H19BrN2O3/c1-20-14(19)10-5-6-11(12(15)8-10)9-17-7-3-2-4-13(16)18/h5-6,8,17H,2-4,7,9H2,1H3,(H2,16,18). The topological polar surface area (TPSA) is 81.4 Å². The Labute approximate surface area is 127 Å². The van der Waals surface area contributed by atoms with Gasteiger partial charge in [-0.25, -0.2) is 4.79 Å². The molecule has 0 fully saturated rings. The molecule has 20 heavy (non-hydrogen) atoms. The third-order valence-corrected chi connectivity index (χ3v) is 3.55. The Morgan fingerprint density at radius 3 is 2.70 bits per heavy atom. The first-order valence-electron chi connectivity index (χ1n) is 6.40. The lowest BCUT2D eigenvalue weighted by atomic mass is 10.1. The second-order valence-corrected chi connectivity index (χ2v) is 5.25. The summed E-state index contributed by atoms with van der Waals surface area (Å²) in [7, 11) is 1.36. The van der Waals surface area contributed by atoms with E-state index in [0.29, 0.717) is 18.5 Å². The van der Waals surface area contributed by atoms with E-state index < -0.39 is 0 Å². The Hall–Kier alpha value is -1.40. The number of methoxy groups -OCH3 is 1. The zero-order valence-electron chi connectivity index (χ0n) is 11.4. The zero-order chi connectivity index (χ0) is 15.0. The van der Waals surface area contributed by atoms with E-state index in [-0.39, 0.29) is 11.9 Å². The van der Waals surface area contributed by atoms with E-state index in [9.17, 15) is 9.59 Å². The van der Waals surface area contributed by atoms with Gasteiger partial charge in [-0.05, 0) is 37.1 Å². The van der Waals surface area contributed by atoms with Gasteiger partial charge >= 0.3 is 5.97 Å². The molecule has 1 amide bonds. The average molecular weight is 343 g/mol. The van der Waals surface area contributed by atoms with Gasteiger partial charge in [-0.1, -0.05) is 22.0 Å². The van der Waals surface area contributed by atoms with Crippen LogP contribution in [0.1, 0.15) is 35.2 Å². The quantitative estimate of drug-likeness (QED) is 0.559. The number of carbonyl (C=O) groups is 2. The van der Waals surface area contributed by atoms with Crippen molar-refractivity contribution < 1.29 is 14.3 Å². The van der Waals surface area contributed by atoms with Gasteiger partial charge in [-0.3, -0.25) is 4.79 Å². The van der Waals surface area contributed by atoms with Crippen molar-refractivity contribution in [2.24, 2.45) is 5.73 Å². The fourth-order valence-corrected chi connectivity index (χ4v) is 2.23. The van der Waals surface area contributed by atoms with Crippen molar-refractivity contribution in [1.82, 2.24) is 5.32 Å². The van der Waals surface area contributed by atoms with Crippen molar-refractivity contribution in [3.8, 4) is 0 Å². The molecule has 0 bridgehead atoms. The first-order valence-corrected chi connectivity index (χ1v) is 7.19. The van der Waals surface area contributed by atoms with Crippen LogP contribution in [0.4, 0.5) is 0 Å². The van der Waals surface area contributed by atoms with Crippen LogP contribution in [0, 0.1) is 0 Å². The highest BCUT2D eigenvalue weighted by molar-refractivity contribution is 9.10. The molecule has 0 aliphatic carbocycles. The lowest BCUT2D eigenvalue weighted by Gasteiger charge is -2.08. The van der Waals surface area contributed by atoms with E-state index in [0.717, 1.165) is 29.4 Å². The number of nitrogens with two attached hydrogens (primary N) is 1. The highest BCUT2D eigenvalue weighted by Gasteiger charge is 2.08. The van der Waals surface area contributed by atoms with Gasteiger partial charge < -0.3 is 15.8 Å². The molecule has 1 rings (SSSR count). The van der Waals surface area contributed by atoms with Gasteiger partial charge in [0.15, 0.2) is 0 Å². The van der Waals surface area contributed by atoms with Crippen LogP contribution in [0.25, 0.3) is 0 Å². The Kier molecular flexibility index (Phi) is 7.25. The lowest BCUT2D eigenvalue weighted by Crippen LogP contribution is -2.16. The first-order chi connectivity index (χ1) is 9.54. The predicted octanol–water partition coefficient (Wildman–Crippen LogP) is 1.98. The number of hydrogen-bond acceptors (Lipinski definition) is 4. The largest absolute Gasteiger partial charge is 0.465 e. The summed E-state index contributed by atoms with van der Waals surface area (Å²) in [4.78, 5) is 21.9. The number of unbranched alkanes of at least 4 members (excludes halogenated alkanes) is 1. The highest BCUT2D eigenvalue weighted by atomic mass is 79.9. The number of halogens is 1. The van der Waals surface area contributed by atoms with E-state index in [1.54, 1.807) is 12.1 Å². The molecule has 0 aliphatic rings. The number of nitrogens with one attached hydrogen (secondary N) is 1. The third kappa shape index (κ3) is 5.71.